The van der Waals surface area contributed by atoms with Crippen LogP contribution in [0.1, 0.15) is 18.9 Å². The number of hydrogen-bond donors (Lipinski definition) is 2. The molecule has 1 heterocycles. The summed E-state index contributed by atoms with van der Waals surface area (Å²) in [6.07, 6.45) is 1.11. The van der Waals surface area contributed by atoms with E-state index in [1.165, 1.54) is 18.2 Å². The number of aromatic amines is 1. The number of H-pyrrole nitrogens is 1. The highest BCUT2D eigenvalue weighted by Gasteiger charge is 2.15. The molecular weight excluding hydrogens is 271 g/mol. The lowest BCUT2D eigenvalue weighted by Gasteiger charge is -2.06. The Labute approximate surface area is 113 Å². The van der Waals surface area contributed by atoms with E-state index in [9.17, 15) is 14.3 Å². The van der Waals surface area contributed by atoms with E-state index in [1.807, 2.05) is 6.92 Å². The van der Waals surface area contributed by atoms with Crippen LogP contribution in [0.4, 0.5) is 4.39 Å². The van der Waals surface area contributed by atoms with Crippen LogP contribution >= 0.6 is 11.6 Å². The molecule has 0 fully saturated rings. The van der Waals surface area contributed by atoms with Crippen molar-refractivity contribution in [2.75, 3.05) is 0 Å². The second-order valence-electron chi connectivity index (χ2n) is 4.07. The summed E-state index contributed by atoms with van der Waals surface area (Å²) >= 11 is 5.67. The number of rotatable bonds is 3. The molecule has 6 heteroatoms. The molecule has 0 saturated carbocycles. The smallest absolute Gasteiger partial charge is 0.258 e. The van der Waals surface area contributed by atoms with Crippen LogP contribution in [-0.4, -0.2) is 15.1 Å². The van der Waals surface area contributed by atoms with E-state index in [0.717, 1.165) is 0 Å². The first kappa shape index (κ1) is 13.5. The fourth-order valence-corrected chi connectivity index (χ4v) is 1.95. The minimum atomic E-state index is -0.685. The highest BCUT2D eigenvalue weighted by molar-refractivity contribution is 6.31. The van der Waals surface area contributed by atoms with Gasteiger partial charge in [-0.05, 0) is 18.6 Å². The number of aromatic hydroxyl groups is 1. The number of nitrogens with zero attached hydrogens (tertiary/aromatic N) is 1. The molecule has 0 aliphatic rings. The minimum Gasteiger partial charge on any atom is -0.493 e. The Morgan fingerprint density at radius 1 is 1.47 bits per heavy atom. The summed E-state index contributed by atoms with van der Waals surface area (Å²) in [6.45, 7) is 1.88. The van der Waals surface area contributed by atoms with Crippen molar-refractivity contribution in [2.45, 2.75) is 19.8 Å². The molecule has 4 nitrogen and oxygen atoms in total. The molecule has 0 aliphatic heterocycles. The molecule has 0 spiro atoms. The van der Waals surface area contributed by atoms with Crippen molar-refractivity contribution in [3.63, 3.8) is 0 Å². The molecule has 0 unspecified atom stereocenters. The zero-order valence-electron chi connectivity index (χ0n) is 10.2. The third-order valence-electron chi connectivity index (χ3n) is 2.70. The average Bonchev–Trinajstić information content (AvgIpc) is 2.37. The first-order valence-corrected chi connectivity index (χ1v) is 6.19. The van der Waals surface area contributed by atoms with Gasteiger partial charge in [-0.1, -0.05) is 31.0 Å². The minimum absolute atomic E-state index is 0.0395. The normalized spacial score (nSPS) is 10.7. The predicted octanol–water partition coefficient (Wildman–Crippen LogP) is 2.89. The van der Waals surface area contributed by atoms with Crippen molar-refractivity contribution in [3.05, 3.63) is 45.0 Å². The molecule has 2 rings (SSSR count). The van der Waals surface area contributed by atoms with Crippen molar-refractivity contribution in [1.82, 2.24) is 9.97 Å². The van der Waals surface area contributed by atoms with Crippen LogP contribution in [0, 0.1) is 5.82 Å². The largest absolute Gasteiger partial charge is 0.493 e. The Bertz CT molecular complexity index is 670. The molecule has 19 heavy (non-hydrogen) atoms. The SMILES string of the molecule is CCCc1c(O)nc(-c2cccc(Cl)c2F)[nH]c1=O. The summed E-state index contributed by atoms with van der Waals surface area (Å²) < 4.78 is 13.8. The molecule has 2 aromatic rings. The highest BCUT2D eigenvalue weighted by atomic mass is 35.5. The number of hydrogen-bond acceptors (Lipinski definition) is 3. The average molecular weight is 283 g/mol. The van der Waals surface area contributed by atoms with Crippen LogP contribution in [0.25, 0.3) is 11.4 Å². The molecule has 1 aromatic carbocycles. The molecule has 2 N–H and O–H groups in total. The number of halogens is 2. The second-order valence-corrected chi connectivity index (χ2v) is 4.48. The summed E-state index contributed by atoms with van der Waals surface area (Å²) in [5, 5.41) is 9.67. The van der Waals surface area contributed by atoms with Gasteiger partial charge in [0.15, 0.2) is 5.82 Å². The lowest BCUT2D eigenvalue weighted by Crippen LogP contribution is -2.15. The lowest BCUT2D eigenvalue weighted by molar-refractivity contribution is 0.443. The first-order valence-electron chi connectivity index (χ1n) is 5.81. The van der Waals surface area contributed by atoms with E-state index in [1.54, 1.807) is 0 Å². The van der Waals surface area contributed by atoms with E-state index < -0.39 is 11.4 Å². The maximum atomic E-state index is 13.8. The molecule has 0 bridgehead atoms. The van der Waals surface area contributed by atoms with Gasteiger partial charge >= 0.3 is 0 Å². The summed E-state index contributed by atoms with van der Waals surface area (Å²) in [5.74, 6) is -1.10. The van der Waals surface area contributed by atoms with Gasteiger partial charge in [-0.25, -0.2) is 4.39 Å². The Balaban J connectivity index is 2.59. The third kappa shape index (κ3) is 2.61. The van der Waals surface area contributed by atoms with Crippen molar-refractivity contribution < 1.29 is 9.50 Å². The van der Waals surface area contributed by atoms with Gasteiger partial charge in [-0.2, -0.15) is 4.98 Å². The van der Waals surface area contributed by atoms with E-state index in [0.29, 0.717) is 12.8 Å². The highest BCUT2D eigenvalue weighted by Crippen LogP contribution is 2.25. The van der Waals surface area contributed by atoms with E-state index in [2.05, 4.69) is 9.97 Å². The molecule has 1 aromatic heterocycles. The zero-order valence-corrected chi connectivity index (χ0v) is 11.0. The van der Waals surface area contributed by atoms with Gasteiger partial charge < -0.3 is 10.1 Å². The maximum Gasteiger partial charge on any atom is 0.258 e. The Morgan fingerprint density at radius 3 is 2.84 bits per heavy atom. The van der Waals surface area contributed by atoms with Gasteiger partial charge in [0, 0.05) is 0 Å². The maximum absolute atomic E-state index is 13.8. The Kier molecular flexibility index (Phi) is 3.85. The van der Waals surface area contributed by atoms with Gasteiger partial charge in [0.05, 0.1) is 16.1 Å². The van der Waals surface area contributed by atoms with Gasteiger partial charge in [-0.3, -0.25) is 4.79 Å². The monoisotopic (exact) mass is 282 g/mol. The number of benzene rings is 1. The molecule has 0 aliphatic carbocycles. The van der Waals surface area contributed by atoms with Gasteiger partial charge in [0.1, 0.15) is 5.82 Å². The van der Waals surface area contributed by atoms with Gasteiger partial charge in [0.25, 0.3) is 5.56 Å². The standard InChI is InChI=1S/C13H12ClFN2O2/c1-2-4-8-12(18)16-11(17-13(8)19)7-5-3-6-9(14)10(7)15/h3,5-6H,2,4H2,1H3,(H2,16,17,18,19). The molecule has 0 amide bonds. The number of aromatic nitrogens is 2. The fourth-order valence-electron chi connectivity index (χ4n) is 1.78. The summed E-state index contributed by atoms with van der Waals surface area (Å²) in [7, 11) is 0. The summed E-state index contributed by atoms with van der Waals surface area (Å²) in [6, 6.07) is 4.36. The number of nitrogens with one attached hydrogen (secondary N) is 1. The van der Waals surface area contributed by atoms with Crippen molar-refractivity contribution in [3.8, 4) is 17.3 Å². The molecule has 0 saturated heterocycles. The molecule has 0 atom stereocenters. The summed E-state index contributed by atoms with van der Waals surface area (Å²) in [5.41, 5.74) is -0.222. The quantitative estimate of drug-likeness (QED) is 0.910. The van der Waals surface area contributed by atoms with Crippen LogP contribution in [0.2, 0.25) is 5.02 Å². The van der Waals surface area contributed by atoms with Gasteiger partial charge in [-0.15, -0.1) is 0 Å². The van der Waals surface area contributed by atoms with Crippen molar-refractivity contribution in [2.24, 2.45) is 0 Å². The topological polar surface area (TPSA) is 66.0 Å². The lowest BCUT2D eigenvalue weighted by atomic mass is 10.1. The van der Waals surface area contributed by atoms with E-state index in [4.69, 9.17) is 11.6 Å². The fraction of sp³-hybridized carbons (Fsp3) is 0.231. The van der Waals surface area contributed by atoms with Crippen LogP contribution in [0.5, 0.6) is 5.88 Å². The van der Waals surface area contributed by atoms with Crippen LogP contribution in [0.15, 0.2) is 23.0 Å². The summed E-state index contributed by atoms with van der Waals surface area (Å²) in [4.78, 5) is 18.1. The first-order chi connectivity index (χ1) is 9.04. The van der Waals surface area contributed by atoms with Crippen LogP contribution < -0.4 is 5.56 Å². The van der Waals surface area contributed by atoms with Crippen LogP contribution in [-0.2, 0) is 6.42 Å². The molecule has 100 valence electrons. The third-order valence-corrected chi connectivity index (χ3v) is 2.99. The molecule has 0 radical (unpaired) electrons. The zero-order chi connectivity index (χ0) is 14.0. The Morgan fingerprint density at radius 2 is 2.21 bits per heavy atom. The van der Waals surface area contributed by atoms with E-state index in [-0.39, 0.29) is 27.9 Å². The van der Waals surface area contributed by atoms with Gasteiger partial charge in [0.2, 0.25) is 5.88 Å². The van der Waals surface area contributed by atoms with E-state index >= 15 is 0 Å². The Hall–Kier alpha value is -1.88. The van der Waals surface area contributed by atoms with Crippen LogP contribution in [0.3, 0.4) is 0 Å². The van der Waals surface area contributed by atoms with Crippen molar-refractivity contribution >= 4 is 11.6 Å². The molecular formula is C13H12ClFN2O2. The second kappa shape index (κ2) is 5.40. The predicted molar refractivity (Wildman–Crippen MR) is 70.9 cm³/mol. The van der Waals surface area contributed by atoms with Crippen molar-refractivity contribution in [1.29, 1.82) is 0 Å².